The maximum Gasteiger partial charge on any atom is 1.00 e. The second kappa shape index (κ2) is 42.9. The van der Waals surface area contributed by atoms with E-state index < -0.39 is 77.8 Å². The number of aliphatic hydroxyl groups is 1. The van der Waals surface area contributed by atoms with Gasteiger partial charge in [0.15, 0.2) is 60.3 Å². The van der Waals surface area contributed by atoms with E-state index in [2.05, 4.69) is 21.8 Å². The van der Waals surface area contributed by atoms with Crippen molar-refractivity contribution in [3.05, 3.63) is 225 Å². The average Bonchev–Trinajstić information content (AvgIpc) is 1.61. The fourth-order valence-electron chi connectivity index (χ4n) is 11.1. The van der Waals surface area contributed by atoms with Crippen molar-refractivity contribution >= 4 is 120 Å². The van der Waals surface area contributed by atoms with Crippen LogP contribution in [0.3, 0.4) is 0 Å². The van der Waals surface area contributed by atoms with E-state index in [0.29, 0.717) is 0 Å². The summed E-state index contributed by atoms with van der Waals surface area (Å²) in [4.78, 5) is 151. The molecule has 0 bridgehead atoms. The van der Waals surface area contributed by atoms with Crippen LogP contribution in [0.1, 0.15) is 132 Å². The molecule has 0 saturated heterocycles. The molecule has 0 saturated carbocycles. The molecule has 544 valence electrons. The number of phenols is 2. The Balaban J connectivity index is 0.000000464. The SMILES string of the molecule is C.CC(=O)OC(C)=O.CCOC(=O)COc1cccc2c1C(=O)c1cccc(OCC(C)=O)c1C2=O.CO.O=C(O)COc1cccc2c1C(=O)c1cccc(OCC(=O)O)c1C2=O.O=C1c2cccc(O)c2C(=O)c2cccc(O)c21.O=CO[O-].[H-].[K+].[K+].[Na+].[OH-].c1cc2occ3c4cccc5occ(c(c1)c23)c54. The monoisotopic (exact) mass is 1540 g/mol. The smallest absolute Gasteiger partial charge is 1.00 e. The number of aliphatic carboxylic acids is 2. The number of aromatic hydroxyl groups is 2. The summed E-state index contributed by atoms with van der Waals surface area (Å²) in [5.41, 5.74) is 2.65. The van der Waals surface area contributed by atoms with Crippen LogP contribution in [0.25, 0.3) is 43.5 Å². The molecule has 0 spiro atoms. The number of hydrogen-bond acceptors (Lipinski definition) is 27. The second-order valence-corrected chi connectivity index (χ2v) is 21.5. The van der Waals surface area contributed by atoms with Crippen molar-refractivity contribution in [2.45, 2.75) is 35.1 Å². The van der Waals surface area contributed by atoms with Crippen LogP contribution in [0.4, 0.5) is 0 Å². The topological polar surface area (TPSA) is 467 Å². The van der Waals surface area contributed by atoms with Gasteiger partial charge >= 0.3 is 162 Å². The van der Waals surface area contributed by atoms with E-state index in [1.54, 1.807) is 25.1 Å². The molecule has 108 heavy (non-hydrogen) atoms. The molecule has 0 unspecified atom stereocenters. The van der Waals surface area contributed by atoms with E-state index in [-0.39, 0.29) is 280 Å². The van der Waals surface area contributed by atoms with Gasteiger partial charge in [-0.1, -0.05) is 104 Å². The molecule has 3 aliphatic rings. The third-order valence-corrected chi connectivity index (χ3v) is 14.9. The van der Waals surface area contributed by atoms with Crippen molar-refractivity contribution in [3.8, 4) is 34.5 Å². The Bertz CT molecular complexity index is 4980. The van der Waals surface area contributed by atoms with Crippen LogP contribution in [-0.4, -0.2) is 148 Å². The molecule has 0 fully saturated rings. The third kappa shape index (κ3) is 21.0. The number of hydrogen-bond donors (Lipinski definition) is 5. The molecule has 29 nitrogen and oxygen atoms in total. The molecule has 11 aromatic rings. The van der Waals surface area contributed by atoms with Crippen molar-refractivity contribution in [1.29, 1.82) is 0 Å². The number of Topliss-reactive ketones (excluding diaryl/α,β-unsaturated/α-hetero) is 1. The molecule has 0 amide bonds. The minimum atomic E-state index is -1.22. The summed E-state index contributed by atoms with van der Waals surface area (Å²) in [6.45, 7) is 3.54. The fraction of sp³-hybridized carbons (Fsp3) is 0.145. The number of carbonyl (C=O) groups excluding carboxylic acids is 11. The Morgan fingerprint density at radius 1 is 0.444 bits per heavy atom. The number of esters is 3. The summed E-state index contributed by atoms with van der Waals surface area (Å²) in [6.07, 6.45) is 3.69. The number of phenolic OH excluding ortho intramolecular Hbond substituents is 2. The van der Waals surface area contributed by atoms with Gasteiger partial charge in [-0.05, 0) is 73.2 Å². The number of furan rings is 2. The fourth-order valence-corrected chi connectivity index (χ4v) is 11.1. The summed E-state index contributed by atoms with van der Waals surface area (Å²) in [5.74, 6) is -7.30. The molecular formula is C76H63K2NaO29. The maximum absolute atomic E-state index is 13.1. The van der Waals surface area contributed by atoms with Gasteiger partial charge in [-0.15, -0.1) is 0 Å². The molecule has 9 aromatic carbocycles. The number of rotatable bonds is 14. The molecule has 32 heteroatoms. The van der Waals surface area contributed by atoms with E-state index in [1.165, 1.54) is 144 Å². The molecule has 3 aliphatic carbocycles. The molecule has 2 heterocycles. The Morgan fingerprint density at radius 3 is 1.00 bits per heavy atom. The van der Waals surface area contributed by atoms with E-state index in [9.17, 15) is 67.7 Å². The predicted molar refractivity (Wildman–Crippen MR) is 367 cm³/mol. The number of ether oxygens (including phenoxy) is 6. The summed E-state index contributed by atoms with van der Waals surface area (Å²) in [7, 11) is 1.00. The first-order valence-electron chi connectivity index (χ1n) is 30.3. The van der Waals surface area contributed by atoms with Crippen molar-refractivity contribution in [2.75, 3.05) is 40.1 Å². The minimum absolute atomic E-state index is 0. The molecule has 0 radical (unpaired) electrons. The van der Waals surface area contributed by atoms with Crippen LogP contribution in [0, 0.1) is 0 Å². The average molecular weight is 1540 g/mol. The summed E-state index contributed by atoms with van der Waals surface area (Å²) >= 11 is 0. The van der Waals surface area contributed by atoms with Gasteiger partial charge in [0.2, 0.25) is 0 Å². The largest absolute Gasteiger partial charge is 1.00 e. The summed E-state index contributed by atoms with van der Waals surface area (Å²) in [5, 5.41) is 59.5. The van der Waals surface area contributed by atoms with Crippen LogP contribution < -0.4 is 157 Å². The van der Waals surface area contributed by atoms with Crippen molar-refractivity contribution in [2.24, 2.45) is 0 Å². The normalized spacial score (nSPS) is 11.1. The van der Waals surface area contributed by atoms with Gasteiger partial charge < -0.3 is 79.8 Å². The van der Waals surface area contributed by atoms with Crippen molar-refractivity contribution < 1.29 is 274 Å². The zero-order valence-electron chi connectivity index (χ0n) is 59.2. The molecule has 0 aliphatic heterocycles. The molecule has 2 aromatic heterocycles. The minimum Gasteiger partial charge on any atom is -1.00 e. The number of carboxylic acids is 2. The number of benzene rings is 9. The van der Waals surface area contributed by atoms with E-state index in [1.807, 2.05) is 36.8 Å². The van der Waals surface area contributed by atoms with Gasteiger partial charge in [-0.2, -0.15) is 0 Å². The van der Waals surface area contributed by atoms with Gasteiger partial charge in [0.1, 0.15) is 52.3 Å². The van der Waals surface area contributed by atoms with Gasteiger partial charge in [0.25, 0.3) is 6.47 Å². The number of ketones is 7. The van der Waals surface area contributed by atoms with Crippen LogP contribution in [0.5, 0.6) is 34.5 Å². The first kappa shape index (κ1) is 92.7. The number of aliphatic hydroxyl groups excluding tert-OH is 1. The Hall–Kier alpha value is -9.50. The van der Waals surface area contributed by atoms with Crippen LogP contribution in [0.2, 0.25) is 0 Å². The first-order chi connectivity index (χ1) is 49.4. The van der Waals surface area contributed by atoms with E-state index in [0.717, 1.165) is 18.3 Å². The zero-order chi connectivity index (χ0) is 74.9. The Morgan fingerprint density at radius 2 is 0.722 bits per heavy atom. The second-order valence-electron chi connectivity index (χ2n) is 21.5. The Labute approximate surface area is 721 Å². The van der Waals surface area contributed by atoms with Gasteiger partial charge in [-0.3, -0.25) is 47.9 Å². The van der Waals surface area contributed by atoms with Crippen molar-refractivity contribution in [3.63, 3.8) is 0 Å². The zero-order valence-corrected chi connectivity index (χ0v) is 66.4. The maximum atomic E-state index is 13.1. The Kier molecular flexibility index (Phi) is 36.8. The first-order valence-corrected chi connectivity index (χ1v) is 30.3. The van der Waals surface area contributed by atoms with Crippen LogP contribution >= 0.6 is 0 Å². The summed E-state index contributed by atoms with van der Waals surface area (Å²) in [6, 6.07) is 38.7. The third-order valence-electron chi connectivity index (χ3n) is 14.9. The molecule has 6 N–H and O–H groups in total. The predicted octanol–water partition coefficient (Wildman–Crippen LogP) is 0.280. The number of carbonyl (C=O) groups is 13. The van der Waals surface area contributed by atoms with Gasteiger partial charge in [-0.25, -0.2) is 14.4 Å². The van der Waals surface area contributed by atoms with E-state index >= 15 is 0 Å². The van der Waals surface area contributed by atoms with Crippen molar-refractivity contribution in [1.82, 2.24) is 0 Å². The standard InChI is InChI=1S/C21H18O7.C18H12O8.C16H8O2.C14H8O4.C4H6O3.CH2O3.CH4O.CH4.2K.Na.H2O.H/c1-3-26-17(23)11-28-16-9-5-7-14-19(16)21(25)13-6-4-8-15(18(13)20(14)24)27-10-12(2)22;19-13(20)7-25-11-5-1-3-9-15(11)18(24)10-4-2-6-12(16(10)17(9)23)26-8-14(21)22;1-3-9-11-7-18-14-6-2-4-10(16(11)14)12-8-17-13(5-1)15(9)12;15-9-5-1-3-7-11(9)14(18)8-4-2-6-10(16)12(8)13(7)17;1-3(5)7-4(2)6;2-1-4-3;1-2;;;;;;/h4-9H,3,10-11H2,1-2H3;1-6H,7-8H2,(H,19,20)(H,21,22);1-8H;1-6,15-16H;1-2H3;1,3H;2H,1H3;1H4;;;;1H2;/q;;;;;;;;3*+1;;-1/p-2. The quantitative estimate of drug-likeness (QED) is 0.0186. The van der Waals surface area contributed by atoms with Gasteiger partial charge in [0.05, 0.1) is 52.5 Å². The number of carboxylic acid groups (broad SMARTS) is 2. The van der Waals surface area contributed by atoms with Crippen LogP contribution in [-0.2, 0) is 47.9 Å². The van der Waals surface area contributed by atoms with Gasteiger partial charge in [0, 0.05) is 75.9 Å². The molecular weight excluding hydrogens is 1480 g/mol. The molecule has 14 rings (SSSR count). The van der Waals surface area contributed by atoms with Crippen LogP contribution in [0.15, 0.2) is 167 Å². The number of fused-ring (bicyclic) bond motifs is 8. The summed E-state index contributed by atoms with van der Waals surface area (Å²) < 4.78 is 41.2. The van der Waals surface area contributed by atoms with E-state index in [4.69, 9.17) is 57.9 Å². The molecule has 0 atom stereocenters.